The quantitative estimate of drug-likeness (QED) is 0.143. The number of amides is 1. The Morgan fingerprint density at radius 3 is 1.96 bits per heavy atom. The van der Waals surface area contributed by atoms with E-state index < -0.39 is 0 Å². The van der Waals surface area contributed by atoms with Gasteiger partial charge in [-0.3, -0.25) is 14.8 Å². The molecule has 11 nitrogen and oxygen atoms in total. The number of benzene rings is 2. The fourth-order valence-corrected chi connectivity index (χ4v) is 6.69. The van der Waals surface area contributed by atoms with Gasteiger partial charge in [0.05, 0.1) is 54.2 Å². The number of nitrogens with zero attached hydrogens (tertiary/aromatic N) is 4. The Labute approximate surface area is 290 Å². The molecule has 2 aliphatic heterocycles. The first-order chi connectivity index (χ1) is 23.4. The molecule has 2 saturated heterocycles. The van der Waals surface area contributed by atoms with Gasteiger partial charge in [0, 0.05) is 61.0 Å². The molecule has 2 fully saturated rings. The largest absolute Gasteiger partial charge is 0.480 e. The monoisotopic (exact) mass is 691 g/mol. The molecule has 4 aromatic rings. The minimum absolute atomic E-state index is 0.0862. The molecule has 0 aliphatic carbocycles. The van der Waals surface area contributed by atoms with E-state index in [1.165, 1.54) is 0 Å². The van der Waals surface area contributed by atoms with Gasteiger partial charge in [-0.15, -0.1) is 0 Å². The van der Waals surface area contributed by atoms with Gasteiger partial charge in [-0.25, -0.2) is 9.97 Å². The lowest BCUT2D eigenvalue weighted by Gasteiger charge is -2.15. The maximum absolute atomic E-state index is 11.5. The summed E-state index contributed by atoms with van der Waals surface area (Å²) in [5.41, 5.74) is 5.39. The van der Waals surface area contributed by atoms with Gasteiger partial charge in [0.25, 0.3) is 0 Å². The molecule has 0 saturated carbocycles. The van der Waals surface area contributed by atoms with E-state index in [-0.39, 0.29) is 11.9 Å². The van der Waals surface area contributed by atoms with Crippen molar-refractivity contribution in [2.24, 2.45) is 0 Å². The SMILES string of the molecule is COc1nc(-c2cccc(-c3cccc(-c4cnc(CNC[C@@H]5CCC(=O)N5)c(OC)n4)c3Cl)c2Cl)cnc1CNCCC1CCCO1. The molecular weight excluding hydrogens is 653 g/mol. The van der Waals surface area contributed by atoms with E-state index in [2.05, 4.69) is 25.9 Å². The van der Waals surface area contributed by atoms with E-state index in [0.717, 1.165) is 55.7 Å². The van der Waals surface area contributed by atoms with E-state index >= 15 is 0 Å². The van der Waals surface area contributed by atoms with Crippen LogP contribution in [0.5, 0.6) is 11.8 Å². The summed E-state index contributed by atoms with van der Waals surface area (Å²) in [6, 6.07) is 11.6. The Morgan fingerprint density at radius 1 is 0.854 bits per heavy atom. The van der Waals surface area contributed by atoms with E-state index in [9.17, 15) is 4.79 Å². The summed E-state index contributed by atoms with van der Waals surface area (Å²) in [7, 11) is 3.15. The van der Waals surface area contributed by atoms with Crippen molar-refractivity contribution < 1.29 is 19.0 Å². The summed E-state index contributed by atoms with van der Waals surface area (Å²) < 4.78 is 16.9. The number of hydrogen-bond acceptors (Lipinski definition) is 10. The van der Waals surface area contributed by atoms with Crippen molar-refractivity contribution in [3.8, 4) is 45.4 Å². The van der Waals surface area contributed by atoms with Gasteiger partial charge >= 0.3 is 0 Å². The van der Waals surface area contributed by atoms with Crippen LogP contribution in [0.15, 0.2) is 48.8 Å². The van der Waals surface area contributed by atoms with Gasteiger partial charge in [0.2, 0.25) is 17.7 Å². The smallest absolute Gasteiger partial charge is 0.237 e. The lowest BCUT2D eigenvalue weighted by atomic mass is 9.98. The van der Waals surface area contributed by atoms with Gasteiger partial charge in [-0.1, -0.05) is 59.6 Å². The Morgan fingerprint density at radius 2 is 1.44 bits per heavy atom. The maximum Gasteiger partial charge on any atom is 0.237 e. The predicted molar refractivity (Wildman–Crippen MR) is 185 cm³/mol. The number of halogens is 2. The van der Waals surface area contributed by atoms with Crippen LogP contribution in [0, 0.1) is 0 Å². The molecule has 0 bridgehead atoms. The highest BCUT2D eigenvalue weighted by Crippen LogP contribution is 2.42. The van der Waals surface area contributed by atoms with Crippen LogP contribution in [-0.4, -0.2) is 71.9 Å². The molecule has 1 unspecified atom stereocenters. The van der Waals surface area contributed by atoms with E-state index in [0.29, 0.717) is 82.2 Å². The first-order valence-electron chi connectivity index (χ1n) is 16.2. The van der Waals surface area contributed by atoms with E-state index in [1.54, 1.807) is 26.6 Å². The predicted octanol–water partition coefficient (Wildman–Crippen LogP) is 5.62. The molecule has 252 valence electrons. The Kier molecular flexibility index (Phi) is 11.3. The molecule has 2 aromatic heterocycles. The average Bonchev–Trinajstić information content (AvgIpc) is 3.79. The van der Waals surface area contributed by atoms with Gasteiger partial charge in [-0.2, -0.15) is 0 Å². The normalized spacial score (nSPS) is 17.5. The number of aromatic nitrogens is 4. The van der Waals surface area contributed by atoms with Crippen molar-refractivity contribution in [3.63, 3.8) is 0 Å². The van der Waals surface area contributed by atoms with Gasteiger partial charge in [0.15, 0.2) is 0 Å². The van der Waals surface area contributed by atoms with Gasteiger partial charge in [-0.05, 0) is 32.2 Å². The molecule has 48 heavy (non-hydrogen) atoms. The second-order valence-electron chi connectivity index (χ2n) is 11.8. The molecule has 4 heterocycles. The number of carbonyl (C=O) groups excluding carboxylic acids is 1. The summed E-state index contributed by atoms with van der Waals surface area (Å²) in [6.07, 6.45) is 8.32. The van der Waals surface area contributed by atoms with Gasteiger partial charge in [0.1, 0.15) is 11.4 Å². The zero-order valence-corrected chi connectivity index (χ0v) is 28.5. The summed E-state index contributed by atoms with van der Waals surface area (Å²) in [5, 5.41) is 10.7. The summed E-state index contributed by atoms with van der Waals surface area (Å²) in [6.45, 7) is 3.30. The van der Waals surface area contributed by atoms with Crippen LogP contribution in [0.25, 0.3) is 33.6 Å². The number of carbonyl (C=O) groups is 1. The summed E-state index contributed by atoms with van der Waals surface area (Å²) in [5.74, 6) is 0.921. The Bertz CT molecular complexity index is 1750. The third kappa shape index (κ3) is 7.88. The van der Waals surface area contributed by atoms with Crippen LogP contribution in [0.1, 0.15) is 43.5 Å². The van der Waals surface area contributed by atoms with Crippen molar-refractivity contribution >= 4 is 29.1 Å². The van der Waals surface area contributed by atoms with E-state index in [4.69, 9.17) is 47.4 Å². The third-order valence-electron chi connectivity index (χ3n) is 8.58. The zero-order valence-electron chi connectivity index (χ0n) is 27.0. The topological polar surface area (TPSA) is 132 Å². The highest BCUT2D eigenvalue weighted by Gasteiger charge is 2.22. The maximum atomic E-state index is 11.5. The Hall–Kier alpha value is -3.87. The van der Waals surface area contributed by atoms with Crippen molar-refractivity contribution in [2.45, 2.75) is 57.3 Å². The molecular formula is C35H39Cl2N7O4. The first kappa shape index (κ1) is 34.0. The molecule has 2 aliphatic rings. The van der Waals surface area contributed by atoms with Crippen LogP contribution in [0.4, 0.5) is 0 Å². The summed E-state index contributed by atoms with van der Waals surface area (Å²) >= 11 is 14.1. The lowest BCUT2D eigenvalue weighted by Crippen LogP contribution is -2.35. The molecule has 3 N–H and O–H groups in total. The highest BCUT2D eigenvalue weighted by atomic mass is 35.5. The standard InChI is InChI=1S/C35H39Cl2N7O4/c1-46-34-29(17-38-14-13-22-6-5-15-48-22)40-19-27(43-34)25-9-3-7-23(32(25)36)24-8-4-10-26(33(24)37)28-20-41-30(35(44-28)47-2)18-39-16-21-11-12-31(45)42-21/h3-4,7-10,19-22,38-39H,5-6,11-18H2,1-2H3,(H,42,45)/t21-,22?/m0/s1. The van der Waals surface area contributed by atoms with Crippen molar-refractivity contribution in [1.29, 1.82) is 0 Å². The second-order valence-corrected chi connectivity index (χ2v) is 12.5. The molecule has 6 rings (SSSR count). The van der Waals surface area contributed by atoms with Crippen LogP contribution in [0.3, 0.4) is 0 Å². The van der Waals surface area contributed by atoms with Crippen LogP contribution in [0.2, 0.25) is 10.0 Å². The van der Waals surface area contributed by atoms with E-state index in [1.807, 2.05) is 36.4 Å². The Balaban J connectivity index is 1.19. The molecule has 0 spiro atoms. The summed E-state index contributed by atoms with van der Waals surface area (Å²) in [4.78, 5) is 30.3. The minimum atomic E-state index is 0.0862. The van der Waals surface area contributed by atoms with Crippen LogP contribution >= 0.6 is 23.2 Å². The van der Waals surface area contributed by atoms with Gasteiger partial charge < -0.3 is 30.2 Å². The molecule has 1 amide bonds. The molecule has 13 heteroatoms. The average molecular weight is 693 g/mol. The second kappa shape index (κ2) is 16.0. The first-order valence-corrected chi connectivity index (χ1v) is 16.9. The molecule has 2 atom stereocenters. The van der Waals surface area contributed by atoms with Crippen molar-refractivity contribution in [3.05, 3.63) is 70.2 Å². The number of ether oxygens (including phenoxy) is 3. The number of methoxy groups -OCH3 is 2. The molecule has 2 aromatic carbocycles. The fourth-order valence-electron chi connectivity index (χ4n) is 6.04. The third-order valence-corrected chi connectivity index (χ3v) is 9.39. The number of nitrogens with one attached hydrogen (secondary N) is 3. The van der Waals surface area contributed by atoms with Crippen molar-refractivity contribution in [2.75, 3.05) is 33.9 Å². The van der Waals surface area contributed by atoms with Crippen molar-refractivity contribution in [1.82, 2.24) is 35.9 Å². The highest BCUT2D eigenvalue weighted by molar-refractivity contribution is 6.39. The number of hydrogen-bond donors (Lipinski definition) is 3. The minimum Gasteiger partial charge on any atom is -0.480 e. The zero-order chi connectivity index (χ0) is 33.5. The fraction of sp³-hybridized carbons (Fsp3) is 0.400. The van der Waals surface area contributed by atoms with Crippen LogP contribution in [-0.2, 0) is 22.6 Å². The van der Waals surface area contributed by atoms with Crippen LogP contribution < -0.4 is 25.4 Å². The lowest BCUT2D eigenvalue weighted by molar-refractivity contribution is -0.119. The molecule has 0 radical (unpaired) electrons. The number of rotatable bonds is 14.